The zero-order valence-electron chi connectivity index (χ0n) is 17.2. The average Bonchev–Trinajstić information content (AvgIpc) is 2.57. The molecule has 0 aliphatic carbocycles. The van der Waals surface area contributed by atoms with Gasteiger partial charge in [0, 0.05) is 19.5 Å². The van der Waals surface area contributed by atoms with Crippen molar-refractivity contribution in [3.63, 3.8) is 0 Å². The van der Waals surface area contributed by atoms with E-state index in [0.717, 1.165) is 6.07 Å². The number of halogens is 4. The summed E-state index contributed by atoms with van der Waals surface area (Å²) in [5, 5.41) is 2.49. The number of alkyl halides is 4. The lowest BCUT2D eigenvalue weighted by molar-refractivity contribution is -0.139. The van der Waals surface area contributed by atoms with Crippen LogP contribution in [0.4, 0.5) is 23.4 Å². The van der Waals surface area contributed by atoms with Gasteiger partial charge < -0.3 is 15.8 Å². The van der Waals surface area contributed by atoms with Crippen molar-refractivity contribution in [3.05, 3.63) is 42.1 Å². The average molecular weight is 427 g/mol. The summed E-state index contributed by atoms with van der Waals surface area (Å²) in [6.45, 7) is 5.23. The van der Waals surface area contributed by atoms with E-state index in [2.05, 4.69) is 10.3 Å². The van der Waals surface area contributed by atoms with Crippen LogP contribution in [0.3, 0.4) is 0 Å². The number of nitrogens with two attached hydrogens (primary N) is 1. The Hall–Kier alpha value is -2.68. The van der Waals surface area contributed by atoms with Crippen molar-refractivity contribution >= 4 is 11.7 Å². The fraction of sp³-hybridized carbons (Fsp3) is 0.429. The number of nitrogens with one attached hydrogen (secondary N) is 1. The van der Waals surface area contributed by atoms with E-state index in [1.165, 1.54) is 58.2 Å². The number of carbonyl (C=O) groups excluding carboxylic acids is 1. The Morgan fingerprint density at radius 1 is 1.10 bits per heavy atom. The molecule has 5 nitrogen and oxygen atoms in total. The summed E-state index contributed by atoms with van der Waals surface area (Å²) < 4.78 is 60.2. The molecule has 1 heterocycles. The molecule has 3 N–H and O–H groups in total. The van der Waals surface area contributed by atoms with Gasteiger partial charge in [-0.2, -0.15) is 13.2 Å². The summed E-state index contributed by atoms with van der Waals surface area (Å²) in [7, 11) is 0. The minimum atomic E-state index is -4.68. The molecule has 164 valence electrons. The maximum atomic E-state index is 13.9. The van der Waals surface area contributed by atoms with Crippen molar-refractivity contribution in [2.24, 2.45) is 5.73 Å². The molecular formula is C21H25F4N3O2. The van der Waals surface area contributed by atoms with Gasteiger partial charge in [-0.15, -0.1) is 0 Å². The first kappa shape index (κ1) is 23.6. The van der Waals surface area contributed by atoms with Gasteiger partial charge in [-0.25, -0.2) is 9.37 Å². The minimum absolute atomic E-state index is 0.0810. The number of nitrogens with zero attached hydrogens (tertiary/aromatic N) is 1. The number of amides is 1. The van der Waals surface area contributed by atoms with Crippen LogP contribution in [0, 0.1) is 0 Å². The predicted octanol–water partition coefficient (Wildman–Crippen LogP) is 4.96. The van der Waals surface area contributed by atoms with Gasteiger partial charge in [0.2, 0.25) is 5.91 Å². The highest BCUT2D eigenvalue weighted by Crippen LogP contribution is 2.39. The molecule has 1 amide bonds. The number of anilines is 1. The third kappa shape index (κ3) is 6.98. The summed E-state index contributed by atoms with van der Waals surface area (Å²) in [6.07, 6.45) is -3.37. The van der Waals surface area contributed by atoms with Crippen LogP contribution in [-0.4, -0.2) is 28.7 Å². The number of aromatic nitrogens is 1. The molecule has 0 fully saturated rings. The van der Waals surface area contributed by atoms with E-state index in [1.807, 2.05) is 0 Å². The standard InChI is InChI=1S/C21H25F4N3O2/c1-13(29)28-18-10-15(7-8-27-18)14-5-6-17(16(9-14)21(23,24)25)30-12-20(4,26)11-19(2,3)22/h5-10H,11-12,26H2,1-4H3,(H,27,28,29). The molecule has 30 heavy (non-hydrogen) atoms. The SMILES string of the molecule is CC(=O)Nc1cc(-c2ccc(OCC(C)(N)CC(C)(C)F)c(C(F)(F)F)c2)ccn1. The fourth-order valence-electron chi connectivity index (χ4n) is 3.17. The molecule has 0 saturated carbocycles. The maximum Gasteiger partial charge on any atom is 0.419 e. The number of benzene rings is 1. The Morgan fingerprint density at radius 2 is 1.73 bits per heavy atom. The number of carbonyl (C=O) groups is 1. The van der Waals surface area contributed by atoms with Crippen LogP contribution < -0.4 is 15.8 Å². The van der Waals surface area contributed by atoms with Gasteiger partial charge in [-0.05, 0) is 56.2 Å². The van der Waals surface area contributed by atoms with Crippen LogP contribution in [0.15, 0.2) is 36.5 Å². The van der Waals surface area contributed by atoms with Crippen molar-refractivity contribution < 1.29 is 27.1 Å². The van der Waals surface area contributed by atoms with E-state index in [4.69, 9.17) is 10.5 Å². The normalized spacial score (nSPS) is 14.2. The number of hydrogen-bond donors (Lipinski definition) is 2. The predicted molar refractivity (Wildman–Crippen MR) is 107 cm³/mol. The Bertz CT molecular complexity index is 906. The Morgan fingerprint density at radius 3 is 2.30 bits per heavy atom. The molecule has 1 atom stereocenters. The van der Waals surface area contributed by atoms with E-state index >= 15 is 0 Å². The molecule has 0 aliphatic heterocycles. The molecule has 2 rings (SSSR count). The van der Waals surface area contributed by atoms with Gasteiger partial charge >= 0.3 is 6.18 Å². The molecule has 0 bridgehead atoms. The molecule has 0 radical (unpaired) electrons. The van der Waals surface area contributed by atoms with Crippen LogP contribution in [0.1, 0.15) is 39.7 Å². The quantitative estimate of drug-likeness (QED) is 0.613. The molecular weight excluding hydrogens is 402 g/mol. The highest BCUT2D eigenvalue weighted by molar-refractivity contribution is 5.88. The number of pyridine rings is 1. The first-order chi connectivity index (χ1) is 13.7. The molecule has 1 aromatic carbocycles. The summed E-state index contributed by atoms with van der Waals surface area (Å²) >= 11 is 0. The second-order valence-corrected chi connectivity index (χ2v) is 8.16. The summed E-state index contributed by atoms with van der Waals surface area (Å²) in [5.74, 6) is -0.516. The largest absolute Gasteiger partial charge is 0.491 e. The maximum absolute atomic E-state index is 13.9. The lowest BCUT2D eigenvalue weighted by Gasteiger charge is -2.30. The van der Waals surface area contributed by atoms with Gasteiger partial charge in [0.1, 0.15) is 23.8 Å². The molecule has 2 aromatic rings. The first-order valence-electron chi connectivity index (χ1n) is 9.22. The first-order valence-corrected chi connectivity index (χ1v) is 9.22. The highest BCUT2D eigenvalue weighted by atomic mass is 19.4. The van der Waals surface area contributed by atoms with Gasteiger partial charge in [-0.3, -0.25) is 4.79 Å². The lowest BCUT2D eigenvalue weighted by Crippen LogP contribution is -2.46. The number of hydrogen-bond acceptors (Lipinski definition) is 4. The molecule has 9 heteroatoms. The monoisotopic (exact) mass is 427 g/mol. The van der Waals surface area contributed by atoms with Crippen LogP contribution in [0.2, 0.25) is 0 Å². The molecule has 0 spiro atoms. The van der Waals surface area contributed by atoms with Crippen molar-refractivity contribution in [2.45, 2.75) is 51.5 Å². The molecule has 0 aliphatic rings. The number of ether oxygens (including phenoxy) is 1. The Kier molecular flexibility index (Phi) is 6.76. The third-order valence-electron chi connectivity index (χ3n) is 4.06. The van der Waals surface area contributed by atoms with Crippen molar-refractivity contribution in [3.8, 4) is 16.9 Å². The number of rotatable bonds is 7. The van der Waals surface area contributed by atoms with Crippen LogP contribution in [0.5, 0.6) is 5.75 Å². The zero-order valence-corrected chi connectivity index (χ0v) is 17.2. The van der Waals surface area contributed by atoms with Gasteiger partial charge in [0.15, 0.2) is 0 Å². The Labute approximate surface area is 172 Å². The lowest BCUT2D eigenvalue weighted by atomic mass is 9.90. The van der Waals surface area contributed by atoms with E-state index in [1.54, 1.807) is 0 Å². The van der Waals surface area contributed by atoms with Crippen molar-refractivity contribution in [1.29, 1.82) is 0 Å². The summed E-state index contributed by atoms with van der Waals surface area (Å²) in [5.41, 5.74) is 2.99. The van der Waals surface area contributed by atoms with Gasteiger partial charge in [-0.1, -0.05) is 6.07 Å². The van der Waals surface area contributed by atoms with E-state index < -0.39 is 28.7 Å². The van der Waals surface area contributed by atoms with E-state index in [9.17, 15) is 22.4 Å². The molecule has 1 unspecified atom stereocenters. The fourth-order valence-corrected chi connectivity index (χ4v) is 3.17. The van der Waals surface area contributed by atoms with Crippen LogP contribution >= 0.6 is 0 Å². The van der Waals surface area contributed by atoms with Gasteiger partial charge in [0.05, 0.1) is 11.1 Å². The summed E-state index contributed by atoms with van der Waals surface area (Å²) in [4.78, 5) is 15.1. The van der Waals surface area contributed by atoms with E-state index in [0.29, 0.717) is 5.56 Å². The third-order valence-corrected chi connectivity index (χ3v) is 4.06. The zero-order chi connectivity index (χ0) is 22.7. The smallest absolute Gasteiger partial charge is 0.419 e. The second kappa shape index (κ2) is 8.59. The second-order valence-electron chi connectivity index (χ2n) is 8.16. The van der Waals surface area contributed by atoms with E-state index in [-0.39, 0.29) is 30.3 Å². The van der Waals surface area contributed by atoms with Gasteiger partial charge in [0.25, 0.3) is 0 Å². The topological polar surface area (TPSA) is 77.2 Å². The van der Waals surface area contributed by atoms with Crippen LogP contribution in [-0.2, 0) is 11.0 Å². The Balaban J connectivity index is 2.33. The highest BCUT2D eigenvalue weighted by Gasteiger charge is 2.36. The molecule has 1 aromatic heterocycles. The van der Waals surface area contributed by atoms with Crippen molar-refractivity contribution in [1.82, 2.24) is 4.98 Å². The van der Waals surface area contributed by atoms with Crippen LogP contribution in [0.25, 0.3) is 11.1 Å². The molecule has 0 saturated heterocycles. The minimum Gasteiger partial charge on any atom is -0.491 e. The van der Waals surface area contributed by atoms with Crippen molar-refractivity contribution in [2.75, 3.05) is 11.9 Å². The summed E-state index contributed by atoms with van der Waals surface area (Å²) in [6, 6.07) is 6.62.